The molecule has 0 saturated carbocycles. The molecular weight excluding hydrogens is 216 g/mol. The van der Waals surface area contributed by atoms with Crippen molar-refractivity contribution in [2.24, 2.45) is 5.73 Å². The number of unbranched alkanes of at least 4 members (excludes halogenated alkanes) is 1. The highest BCUT2D eigenvalue weighted by atomic mass is 16.5. The molecule has 2 N–H and O–H groups in total. The van der Waals surface area contributed by atoms with Gasteiger partial charge in [-0.15, -0.1) is 5.10 Å². The van der Waals surface area contributed by atoms with Crippen LogP contribution in [0.4, 0.5) is 0 Å². The van der Waals surface area contributed by atoms with Crippen molar-refractivity contribution in [3.05, 3.63) is 11.9 Å². The Kier molecular flexibility index (Phi) is 5.58. The first-order valence-electron chi connectivity index (χ1n) is 6.24. The molecule has 0 amide bonds. The Balaban J connectivity index is 2.26. The maximum absolute atomic E-state index is 5.64. The molecule has 1 heterocycles. The fourth-order valence-electron chi connectivity index (χ4n) is 1.46. The van der Waals surface area contributed by atoms with E-state index in [0.29, 0.717) is 6.61 Å². The first kappa shape index (κ1) is 14.1. The van der Waals surface area contributed by atoms with E-state index >= 15 is 0 Å². The number of nitrogens with zero attached hydrogens (tertiary/aromatic N) is 3. The summed E-state index contributed by atoms with van der Waals surface area (Å²) in [5, 5.41) is 8.19. The molecule has 0 spiro atoms. The lowest BCUT2D eigenvalue weighted by atomic mass is 10.2. The maximum Gasteiger partial charge on any atom is 0.0827 e. The van der Waals surface area contributed by atoms with Crippen molar-refractivity contribution in [3.63, 3.8) is 0 Å². The van der Waals surface area contributed by atoms with Gasteiger partial charge in [-0.05, 0) is 46.6 Å². The Morgan fingerprint density at radius 3 is 2.76 bits per heavy atom. The Bertz CT molecular complexity index is 317. The molecule has 0 unspecified atom stereocenters. The van der Waals surface area contributed by atoms with Crippen LogP contribution in [-0.2, 0) is 17.7 Å². The fraction of sp³-hybridized carbons (Fsp3) is 0.833. The average molecular weight is 240 g/mol. The van der Waals surface area contributed by atoms with Gasteiger partial charge in [0.25, 0.3) is 0 Å². The van der Waals surface area contributed by atoms with Gasteiger partial charge in [-0.25, -0.2) is 4.68 Å². The lowest BCUT2D eigenvalue weighted by molar-refractivity contribution is -0.00805. The predicted octanol–water partition coefficient (Wildman–Crippen LogP) is 1.37. The van der Waals surface area contributed by atoms with E-state index in [1.807, 2.05) is 31.6 Å². The summed E-state index contributed by atoms with van der Waals surface area (Å²) in [6.07, 6.45) is 5.06. The van der Waals surface area contributed by atoms with Crippen LogP contribution in [0.25, 0.3) is 0 Å². The Morgan fingerprint density at radius 2 is 2.12 bits per heavy atom. The van der Waals surface area contributed by atoms with Crippen LogP contribution in [-0.4, -0.2) is 33.7 Å². The summed E-state index contributed by atoms with van der Waals surface area (Å²) in [7, 11) is 0. The fourth-order valence-corrected chi connectivity index (χ4v) is 1.46. The van der Waals surface area contributed by atoms with E-state index in [1.54, 1.807) is 0 Å². The number of rotatable bonds is 7. The Hall–Kier alpha value is -0.940. The largest absolute Gasteiger partial charge is 0.374 e. The van der Waals surface area contributed by atoms with Gasteiger partial charge in [-0.2, -0.15) is 0 Å². The van der Waals surface area contributed by atoms with E-state index in [1.165, 1.54) is 0 Å². The summed E-state index contributed by atoms with van der Waals surface area (Å²) in [4.78, 5) is 0. The molecule has 98 valence electrons. The van der Waals surface area contributed by atoms with E-state index in [-0.39, 0.29) is 5.60 Å². The van der Waals surface area contributed by atoms with Gasteiger partial charge in [0.1, 0.15) is 0 Å². The van der Waals surface area contributed by atoms with Crippen LogP contribution in [0.5, 0.6) is 0 Å². The average Bonchev–Trinajstić information content (AvgIpc) is 2.64. The molecule has 0 bridgehead atoms. The van der Waals surface area contributed by atoms with Crippen molar-refractivity contribution in [2.45, 2.75) is 52.2 Å². The van der Waals surface area contributed by atoms with Crippen LogP contribution in [0.2, 0.25) is 0 Å². The highest BCUT2D eigenvalue weighted by Gasteiger charge is 2.09. The van der Waals surface area contributed by atoms with Crippen LogP contribution >= 0.6 is 0 Å². The summed E-state index contributed by atoms with van der Waals surface area (Å²) in [5.74, 6) is 0. The van der Waals surface area contributed by atoms with Gasteiger partial charge >= 0.3 is 0 Å². The predicted molar refractivity (Wildman–Crippen MR) is 67.7 cm³/mol. The topological polar surface area (TPSA) is 66.0 Å². The number of hydrogen-bond donors (Lipinski definition) is 1. The SMILES string of the molecule is CC(C)(C)OCCn1cc(CCCCN)nn1. The summed E-state index contributed by atoms with van der Waals surface area (Å²) in [6, 6.07) is 0. The quantitative estimate of drug-likeness (QED) is 0.731. The van der Waals surface area contributed by atoms with Crippen molar-refractivity contribution < 1.29 is 4.74 Å². The molecule has 0 aliphatic rings. The summed E-state index contributed by atoms with van der Waals surface area (Å²) >= 11 is 0. The lowest BCUT2D eigenvalue weighted by Gasteiger charge is -2.19. The minimum Gasteiger partial charge on any atom is -0.374 e. The van der Waals surface area contributed by atoms with E-state index in [9.17, 15) is 0 Å². The van der Waals surface area contributed by atoms with Crippen molar-refractivity contribution in [2.75, 3.05) is 13.2 Å². The second-order valence-corrected chi connectivity index (χ2v) is 5.18. The first-order chi connectivity index (χ1) is 8.01. The van der Waals surface area contributed by atoms with Crippen LogP contribution in [0.15, 0.2) is 6.20 Å². The minimum atomic E-state index is -0.0927. The molecule has 17 heavy (non-hydrogen) atoms. The van der Waals surface area contributed by atoms with Gasteiger partial charge in [0, 0.05) is 6.20 Å². The summed E-state index contributed by atoms with van der Waals surface area (Å²) in [6.45, 7) is 8.30. The Labute approximate surface area is 103 Å². The molecule has 0 fully saturated rings. The third-order valence-electron chi connectivity index (χ3n) is 2.33. The van der Waals surface area contributed by atoms with Crippen LogP contribution in [0.1, 0.15) is 39.3 Å². The molecule has 0 aromatic carbocycles. The Morgan fingerprint density at radius 1 is 1.35 bits per heavy atom. The molecule has 0 aliphatic heterocycles. The standard InChI is InChI=1S/C12H24N4O/c1-12(2,3)17-9-8-16-10-11(14-15-16)6-4-5-7-13/h10H,4-9,13H2,1-3H3. The summed E-state index contributed by atoms with van der Waals surface area (Å²) < 4.78 is 7.47. The monoisotopic (exact) mass is 240 g/mol. The number of nitrogens with two attached hydrogens (primary N) is 1. The molecule has 0 saturated heterocycles. The van der Waals surface area contributed by atoms with Crippen molar-refractivity contribution in [1.29, 1.82) is 0 Å². The third-order valence-corrected chi connectivity index (χ3v) is 2.33. The van der Waals surface area contributed by atoms with Gasteiger partial charge in [0.05, 0.1) is 24.4 Å². The second kappa shape index (κ2) is 6.71. The second-order valence-electron chi connectivity index (χ2n) is 5.18. The van der Waals surface area contributed by atoms with Crippen LogP contribution < -0.4 is 5.73 Å². The smallest absolute Gasteiger partial charge is 0.0827 e. The normalized spacial score (nSPS) is 12.0. The first-order valence-corrected chi connectivity index (χ1v) is 6.24. The van der Waals surface area contributed by atoms with Gasteiger partial charge in [0.15, 0.2) is 0 Å². The van der Waals surface area contributed by atoms with Crippen molar-refractivity contribution in [3.8, 4) is 0 Å². The van der Waals surface area contributed by atoms with Crippen molar-refractivity contribution in [1.82, 2.24) is 15.0 Å². The molecule has 1 aromatic heterocycles. The van der Waals surface area contributed by atoms with Crippen LogP contribution in [0.3, 0.4) is 0 Å². The van der Waals surface area contributed by atoms with Crippen LogP contribution in [0, 0.1) is 0 Å². The van der Waals surface area contributed by atoms with Gasteiger partial charge in [0.2, 0.25) is 0 Å². The number of aromatic nitrogens is 3. The number of aryl methyl sites for hydroxylation is 1. The van der Waals surface area contributed by atoms with E-state index in [2.05, 4.69) is 10.3 Å². The summed E-state index contributed by atoms with van der Waals surface area (Å²) in [5.41, 5.74) is 6.39. The highest BCUT2D eigenvalue weighted by Crippen LogP contribution is 2.06. The molecule has 5 heteroatoms. The highest BCUT2D eigenvalue weighted by molar-refractivity contribution is 4.92. The third kappa shape index (κ3) is 6.38. The van der Waals surface area contributed by atoms with Crippen molar-refractivity contribution >= 4 is 0 Å². The van der Waals surface area contributed by atoms with Gasteiger partial charge in [-0.3, -0.25) is 0 Å². The molecule has 1 aromatic rings. The molecule has 0 radical (unpaired) electrons. The lowest BCUT2D eigenvalue weighted by Crippen LogP contribution is -2.22. The minimum absolute atomic E-state index is 0.0927. The van der Waals surface area contributed by atoms with E-state index < -0.39 is 0 Å². The molecular formula is C12H24N4O. The van der Waals surface area contributed by atoms with Gasteiger partial charge in [-0.1, -0.05) is 5.21 Å². The maximum atomic E-state index is 5.64. The molecule has 1 rings (SSSR count). The molecule has 0 aliphatic carbocycles. The zero-order valence-electron chi connectivity index (χ0n) is 11.1. The van der Waals surface area contributed by atoms with E-state index in [4.69, 9.17) is 10.5 Å². The molecule has 0 atom stereocenters. The zero-order valence-corrected chi connectivity index (χ0v) is 11.1. The molecule has 5 nitrogen and oxygen atoms in total. The number of ether oxygens (including phenoxy) is 1. The van der Waals surface area contributed by atoms with E-state index in [0.717, 1.165) is 38.0 Å². The zero-order chi connectivity index (χ0) is 12.7. The van der Waals surface area contributed by atoms with Gasteiger partial charge < -0.3 is 10.5 Å². The number of hydrogen-bond acceptors (Lipinski definition) is 4.